The molecule has 3 heteroatoms. The van der Waals surface area contributed by atoms with Gasteiger partial charge in [0.1, 0.15) is 5.75 Å². The van der Waals surface area contributed by atoms with Crippen LogP contribution >= 0.6 is 11.6 Å². The lowest BCUT2D eigenvalue weighted by Crippen LogP contribution is -2.09. The summed E-state index contributed by atoms with van der Waals surface area (Å²) in [5.74, 6) is 0.895. The smallest absolute Gasteiger partial charge is 0.123 e. The highest BCUT2D eigenvalue weighted by molar-refractivity contribution is 6.30. The summed E-state index contributed by atoms with van der Waals surface area (Å²) in [6.45, 7) is 3.82. The molecule has 1 N–H and O–H groups in total. The maximum atomic E-state index is 5.89. The van der Waals surface area contributed by atoms with Gasteiger partial charge in [-0.3, -0.25) is 0 Å². The summed E-state index contributed by atoms with van der Waals surface area (Å²) in [6.07, 6.45) is 2.20. The molecule has 0 saturated carbocycles. The van der Waals surface area contributed by atoms with E-state index in [1.807, 2.05) is 32.2 Å². The van der Waals surface area contributed by atoms with E-state index in [0.29, 0.717) is 0 Å². The number of aryl methyl sites for hydroxylation is 1. The minimum Gasteiger partial charge on any atom is -0.493 e. The molecular weight excluding hydrogens is 210 g/mol. The summed E-state index contributed by atoms with van der Waals surface area (Å²) in [5, 5.41) is 3.84. The van der Waals surface area contributed by atoms with Crippen LogP contribution in [0.15, 0.2) is 18.2 Å². The molecule has 1 rings (SSSR count). The average molecular weight is 228 g/mol. The number of hydrogen-bond donors (Lipinski definition) is 1. The molecule has 0 aliphatic rings. The lowest BCUT2D eigenvalue weighted by atomic mass is 10.2. The summed E-state index contributed by atoms with van der Waals surface area (Å²) >= 11 is 5.89. The fraction of sp³-hybridized carbons (Fsp3) is 0.500. The van der Waals surface area contributed by atoms with E-state index in [1.165, 1.54) is 0 Å². The topological polar surface area (TPSA) is 21.3 Å². The van der Waals surface area contributed by atoms with Crippen LogP contribution in [-0.2, 0) is 0 Å². The summed E-state index contributed by atoms with van der Waals surface area (Å²) in [5.41, 5.74) is 1.13. The molecule has 0 fully saturated rings. The highest BCUT2D eigenvalue weighted by Crippen LogP contribution is 2.22. The van der Waals surface area contributed by atoms with Gasteiger partial charge in [-0.25, -0.2) is 0 Å². The van der Waals surface area contributed by atoms with Crippen molar-refractivity contribution in [2.24, 2.45) is 0 Å². The molecule has 0 radical (unpaired) electrons. The first-order valence-electron chi connectivity index (χ1n) is 5.27. The second-order valence-corrected chi connectivity index (χ2v) is 4.01. The Bertz CT molecular complexity index is 302. The number of rotatable bonds is 6. The Balaban J connectivity index is 2.33. The number of nitrogens with one attached hydrogen (secondary N) is 1. The van der Waals surface area contributed by atoms with Gasteiger partial charge in [-0.2, -0.15) is 0 Å². The molecule has 0 unspecified atom stereocenters. The van der Waals surface area contributed by atoms with Crippen LogP contribution in [0.25, 0.3) is 0 Å². The Kier molecular flexibility index (Phi) is 5.51. The molecule has 0 saturated heterocycles. The van der Waals surface area contributed by atoms with E-state index in [9.17, 15) is 0 Å². The van der Waals surface area contributed by atoms with Crippen molar-refractivity contribution in [3.63, 3.8) is 0 Å². The standard InChI is InChI=1S/C12H18ClNO/c1-10-5-6-11(13)9-12(10)15-8-4-3-7-14-2/h5-6,9,14H,3-4,7-8H2,1-2H3. The fourth-order valence-electron chi connectivity index (χ4n) is 1.32. The fourth-order valence-corrected chi connectivity index (χ4v) is 1.48. The van der Waals surface area contributed by atoms with Crippen molar-refractivity contribution in [1.82, 2.24) is 5.32 Å². The van der Waals surface area contributed by atoms with Crippen LogP contribution in [0.5, 0.6) is 5.75 Å². The molecule has 84 valence electrons. The first kappa shape index (κ1) is 12.3. The minimum absolute atomic E-state index is 0.728. The summed E-state index contributed by atoms with van der Waals surface area (Å²) in [4.78, 5) is 0. The molecule has 0 bridgehead atoms. The largest absolute Gasteiger partial charge is 0.493 e. The minimum atomic E-state index is 0.728. The van der Waals surface area contributed by atoms with E-state index in [4.69, 9.17) is 16.3 Å². The summed E-state index contributed by atoms with van der Waals surface area (Å²) < 4.78 is 5.65. The van der Waals surface area contributed by atoms with Crippen molar-refractivity contribution >= 4 is 11.6 Å². The number of benzene rings is 1. The molecule has 0 aliphatic heterocycles. The van der Waals surface area contributed by atoms with Gasteiger partial charge >= 0.3 is 0 Å². The van der Waals surface area contributed by atoms with Crippen molar-refractivity contribution in [1.29, 1.82) is 0 Å². The van der Waals surface area contributed by atoms with Gasteiger partial charge in [-0.05, 0) is 51.1 Å². The Morgan fingerprint density at radius 2 is 2.13 bits per heavy atom. The quantitative estimate of drug-likeness (QED) is 0.755. The lowest BCUT2D eigenvalue weighted by molar-refractivity contribution is 0.304. The Hall–Kier alpha value is -0.730. The van der Waals surface area contributed by atoms with Gasteiger partial charge in [0.05, 0.1) is 6.61 Å². The van der Waals surface area contributed by atoms with Gasteiger partial charge in [0.25, 0.3) is 0 Å². The van der Waals surface area contributed by atoms with Gasteiger partial charge in [0, 0.05) is 5.02 Å². The van der Waals surface area contributed by atoms with E-state index < -0.39 is 0 Å². The predicted molar refractivity (Wildman–Crippen MR) is 64.8 cm³/mol. The third-order valence-corrected chi connectivity index (χ3v) is 2.46. The van der Waals surface area contributed by atoms with E-state index in [1.54, 1.807) is 0 Å². The second kappa shape index (κ2) is 6.70. The van der Waals surface area contributed by atoms with Gasteiger partial charge in [0.15, 0.2) is 0 Å². The lowest BCUT2D eigenvalue weighted by Gasteiger charge is -2.09. The van der Waals surface area contributed by atoms with E-state index in [0.717, 1.165) is 42.3 Å². The summed E-state index contributed by atoms with van der Waals surface area (Å²) in [6, 6.07) is 5.73. The predicted octanol–water partition coefficient (Wildman–Crippen LogP) is 3.03. The maximum absolute atomic E-state index is 5.89. The monoisotopic (exact) mass is 227 g/mol. The SMILES string of the molecule is CNCCCCOc1cc(Cl)ccc1C. The number of unbranched alkanes of at least 4 members (excludes halogenated alkanes) is 1. The first-order valence-corrected chi connectivity index (χ1v) is 5.65. The van der Waals surface area contributed by atoms with Crippen molar-refractivity contribution in [2.75, 3.05) is 20.2 Å². The van der Waals surface area contributed by atoms with Gasteiger partial charge in [0.2, 0.25) is 0 Å². The molecule has 0 spiro atoms. The molecule has 2 nitrogen and oxygen atoms in total. The molecule has 0 aromatic heterocycles. The van der Waals surface area contributed by atoms with Crippen LogP contribution in [0.1, 0.15) is 18.4 Å². The highest BCUT2D eigenvalue weighted by Gasteiger charge is 1.99. The number of ether oxygens (including phenoxy) is 1. The van der Waals surface area contributed by atoms with E-state index in [-0.39, 0.29) is 0 Å². The molecule has 15 heavy (non-hydrogen) atoms. The molecule has 1 aromatic carbocycles. The van der Waals surface area contributed by atoms with Crippen molar-refractivity contribution in [2.45, 2.75) is 19.8 Å². The molecule has 0 aliphatic carbocycles. The average Bonchev–Trinajstić information content (AvgIpc) is 2.23. The van der Waals surface area contributed by atoms with Gasteiger partial charge in [-0.15, -0.1) is 0 Å². The maximum Gasteiger partial charge on any atom is 0.123 e. The Morgan fingerprint density at radius 3 is 2.87 bits per heavy atom. The number of halogens is 1. The van der Waals surface area contributed by atoms with Crippen LogP contribution in [0.4, 0.5) is 0 Å². The molecule has 0 amide bonds. The van der Waals surface area contributed by atoms with Crippen LogP contribution in [-0.4, -0.2) is 20.2 Å². The van der Waals surface area contributed by atoms with E-state index in [2.05, 4.69) is 5.32 Å². The van der Waals surface area contributed by atoms with Crippen molar-refractivity contribution in [3.05, 3.63) is 28.8 Å². The molecular formula is C12H18ClNO. The molecule has 0 heterocycles. The van der Waals surface area contributed by atoms with Gasteiger partial charge in [-0.1, -0.05) is 17.7 Å². The first-order chi connectivity index (χ1) is 7.24. The zero-order valence-electron chi connectivity index (χ0n) is 9.35. The Morgan fingerprint density at radius 1 is 1.33 bits per heavy atom. The third-order valence-electron chi connectivity index (χ3n) is 2.23. The number of hydrogen-bond acceptors (Lipinski definition) is 2. The van der Waals surface area contributed by atoms with Crippen LogP contribution < -0.4 is 10.1 Å². The zero-order chi connectivity index (χ0) is 11.1. The van der Waals surface area contributed by atoms with Crippen molar-refractivity contribution < 1.29 is 4.74 Å². The van der Waals surface area contributed by atoms with Crippen LogP contribution in [0.3, 0.4) is 0 Å². The van der Waals surface area contributed by atoms with Crippen molar-refractivity contribution in [3.8, 4) is 5.75 Å². The van der Waals surface area contributed by atoms with E-state index >= 15 is 0 Å². The zero-order valence-corrected chi connectivity index (χ0v) is 10.1. The van der Waals surface area contributed by atoms with Gasteiger partial charge < -0.3 is 10.1 Å². The Labute approximate surface area is 96.6 Å². The van der Waals surface area contributed by atoms with Crippen LogP contribution in [0.2, 0.25) is 5.02 Å². The normalized spacial score (nSPS) is 10.3. The summed E-state index contributed by atoms with van der Waals surface area (Å²) in [7, 11) is 1.96. The molecule has 1 aromatic rings. The highest BCUT2D eigenvalue weighted by atomic mass is 35.5. The van der Waals surface area contributed by atoms with Crippen LogP contribution in [0, 0.1) is 6.92 Å². The third kappa shape index (κ3) is 4.54. The molecule has 0 atom stereocenters. The second-order valence-electron chi connectivity index (χ2n) is 3.57.